The van der Waals surface area contributed by atoms with Crippen molar-refractivity contribution in [3.63, 3.8) is 0 Å². The molecule has 0 saturated carbocycles. The maximum atomic E-state index is 4.68. The van der Waals surface area contributed by atoms with Crippen molar-refractivity contribution >= 4 is 28.0 Å². The fourth-order valence-electron chi connectivity index (χ4n) is 2.51. The molecule has 0 aliphatic carbocycles. The zero-order valence-electron chi connectivity index (χ0n) is 14.5. The Hall–Kier alpha value is -2.79. The van der Waals surface area contributed by atoms with Crippen LogP contribution in [0.4, 0.5) is 5.82 Å². The van der Waals surface area contributed by atoms with E-state index in [-0.39, 0.29) is 0 Å². The fourth-order valence-corrected chi connectivity index (χ4v) is 2.77. The van der Waals surface area contributed by atoms with Crippen LogP contribution in [0.2, 0.25) is 0 Å². The Bertz CT molecular complexity index is 919. The second kappa shape index (κ2) is 8.54. The molecule has 130 valence electrons. The first-order chi connectivity index (χ1) is 12.7. The van der Waals surface area contributed by atoms with Gasteiger partial charge in [-0.15, -0.1) is 6.58 Å². The average molecular weight is 407 g/mol. The Kier molecular flexibility index (Phi) is 5.92. The van der Waals surface area contributed by atoms with Gasteiger partial charge in [-0.3, -0.25) is 5.43 Å². The molecule has 0 atom stereocenters. The van der Waals surface area contributed by atoms with E-state index in [1.807, 2.05) is 67.6 Å². The monoisotopic (exact) mass is 406 g/mol. The summed E-state index contributed by atoms with van der Waals surface area (Å²) in [5.41, 5.74) is 6.95. The lowest BCUT2D eigenvalue weighted by atomic mass is 10.1. The third-order valence-corrected chi connectivity index (χ3v) is 4.38. The maximum absolute atomic E-state index is 4.68. The van der Waals surface area contributed by atoms with Gasteiger partial charge in [-0.2, -0.15) is 5.10 Å². The molecule has 0 aliphatic heterocycles. The molecule has 0 fully saturated rings. The van der Waals surface area contributed by atoms with E-state index < -0.39 is 0 Å². The Morgan fingerprint density at radius 3 is 2.50 bits per heavy atom. The van der Waals surface area contributed by atoms with Crippen molar-refractivity contribution < 1.29 is 0 Å². The van der Waals surface area contributed by atoms with Crippen molar-refractivity contribution in [2.24, 2.45) is 5.10 Å². The molecular formula is C21H19BrN4. The molecule has 0 spiro atoms. The average Bonchev–Trinajstić information content (AvgIpc) is 2.66. The van der Waals surface area contributed by atoms with Gasteiger partial charge in [0.2, 0.25) is 0 Å². The Balaban J connectivity index is 1.91. The zero-order chi connectivity index (χ0) is 18.4. The molecule has 1 heterocycles. The Morgan fingerprint density at radius 1 is 1.08 bits per heavy atom. The van der Waals surface area contributed by atoms with Gasteiger partial charge in [0.25, 0.3) is 0 Å². The molecule has 1 aromatic heterocycles. The van der Waals surface area contributed by atoms with Crippen LogP contribution in [0.3, 0.4) is 0 Å². The standard InChI is InChI=1S/C21H19BrN4/c1-3-7-19-15(2)24-20(17-8-5-4-6-9-17)25-21(19)26-23-14-16-10-12-18(22)13-11-16/h3-6,8-14H,1,7H2,2H3,(H,24,25,26). The number of hydrogen-bond acceptors (Lipinski definition) is 4. The second-order valence-corrected chi connectivity index (χ2v) is 6.66. The number of anilines is 1. The first-order valence-electron chi connectivity index (χ1n) is 8.26. The summed E-state index contributed by atoms with van der Waals surface area (Å²) in [5, 5.41) is 4.35. The van der Waals surface area contributed by atoms with Gasteiger partial charge in [0, 0.05) is 21.3 Å². The summed E-state index contributed by atoms with van der Waals surface area (Å²) < 4.78 is 1.04. The molecule has 5 heteroatoms. The molecule has 0 bridgehead atoms. The van der Waals surface area contributed by atoms with Gasteiger partial charge in [-0.1, -0.05) is 64.5 Å². The lowest BCUT2D eigenvalue weighted by Crippen LogP contribution is -2.05. The van der Waals surface area contributed by atoms with E-state index in [0.29, 0.717) is 18.1 Å². The number of hydrogen-bond donors (Lipinski definition) is 1. The van der Waals surface area contributed by atoms with E-state index >= 15 is 0 Å². The largest absolute Gasteiger partial charge is 0.261 e. The topological polar surface area (TPSA) is 50.2 Å². The highest BCUT2D eigenvalue weighted by atomic mass is 79.9. The molecule has 0 aliphatic rings. The van der Waals surface area contributed by atoms with Crippen LogP contribution in [0, 0.1) is 6.92 Å². The van der Waals surface area contributed by atoms with E-state index in [1.54, 1.807) is 6.21 Å². The summed E-state index contributed by atoms with van der Waals surface area (Å²) in [6.07, 6.45) is 4.29. The lowest BCUT2D eigenvalue weighted by molar-refractivity contribution is 1.03. The van der Waals surface area contributed by atoms with Crippen molar-refractivity contribution in [3.8, 4) is 11.4 Å². The summed E-state index contributed by atoms with van der Waals surface area (Å²) >= 11 is 3.43. The van der Waals surface area contributed by atoms with Crippen molar-refractivity contribution in [3.05, 3.63) is 88.5 Å². The third-order valence-electron chi connectivity index (χ3n) is 3.85. The highest BCUT2D eigenvalue weighted by Crippen LogP contribution is 2.23. The van der Waals surface area contributed by atoms with Gasteiger partial charge in [-0.05, 0) is 31.0 Å². The molecular weight excluding hydrogens is 388 g/mol. The first-order valence-corrected chi connectivity index (χ1v) is 9.05. The van der Waals surface area contributed by atoms with Crippen LogP contribution in [0.1, 0.15) is 16.8 Å². The summed E-state index contributed by atoms with van der Waals surface area (Å²) in [6.45, 7) is 5.81. The summed E-state index contributed by atoms with van der Waals surface area (Å²) in [6, 6.07) is 17.9. The van der Waals surface area contributed by atoms with Gasteiger partial charge in [0.15, 0.2) is 11.6 Å². The first kappa shape index (κ1) is 18.0. The van der Waals surface area contributed by atoms with Gasteiger partial charge in [0.05, 0.1) is 6.21 Å². The van der Waals surface area contributed by atoms with Crippen LogP contribution in [-0.4, -0.2) is 16.2 Å². The number of aryl methyl sites for hydroxylation is 1. The zero-order valence-corrected chi connectivity index (χ0v) is 16.1. The van der Waals surface area contributed by atoms with Gasteiger partial charge in [0.1, 0.15) is 0 Å². The summed E-state index contributed by atoms with van der Waals surface area (Å²) in [5.74, 6) is 1.38. The van der Waals surface area contributed by atoms with Gasteiger partial charge >= 0.3 is 0 Å². The smallest absolute Gasteiger partial charge is 0.161 e. The van der Waals surface area contributed by atoms with Crippen LogP contribution in [-0.2, 0) is 6.42 Å². The van der Waals surface area contributed by atoms with Crippen molar-refractivity contribution in [1.82, 2.24) is 9.97 Å². The van der Waals surface area contributed by atoms with Gasteiger partial charge < -0.3 is 0 Å². The van der Waals surface area contributed by atoms with Crippen molar-refractivity contribution in [2.75, 3.05) is 5.43 Å². The minimum Gasteiger partial charge on any atom is -0.261 e. The number of allylic oxidation sites excluding steroid dienone is 1. The molecule has 4 nitrogen and oxygen atoms in total. The molecule has 26 heavy (non-hydrogen) atoms. The van der Waals surface area contributed by atoms with Crippen LogP contribution in [0.5, 0.6) is 0 Å². The van der Waals surface area contributed by atoms with E-state index in [9.17, 15) is 0 Å². The number of rotatable bonds is 6. The molecule has 3 aromatic rings. The number of aromatic nitrogens is 2. The molecule has 0 unspecified atom stereocenters. The summed E-state index contributed by atoms with van der Waals surface area (Å²) in [7, 11) is 0. The summed E-state index contributed by atoms with van der Waals surface area (Å²) in [4.78, 5) is 9.32. The third kappa shape index (κ3) is 4.43. The SMILES string of the molecule is C=CCc1c(C)nc(-c2ccccc2)nc1NN=Cc1ccc(Br)cc1. The lowest BCUT2D eigenvalue weighted by Gasteiger charge is -2.11. The quantitative estimate of drug-likeness (QED) is 0.339. The van der Waals surface area contributed by atoms with Crippen LogP contribution >= 0.6 is 15.9 Å². The predicted molar refractivity (Wildman–Crippen MR) is 111 cm³/mol. The normalized spacial score (nSPS) is 10.8. The minimum absolute atomic E-state index is 0.678. The number of halogens is 1. The van der Waals surface area contributed by atoms with Gasteiger partial charge in [-0.25, -0.2) is 9.97 Å². The van der Waals surface area contributed by atoms with E-state index in [2.05, 4.69) is 43.0 Å². The predicted octanol–water partition coefficient (Wildman–Crippen LogP) is 5.39. The number of nitrogens with zero attached hydrogens (tertiary/aromatic N) is 3. The number of nitrogens with one attached hydrogen (secondary N) is 1. The van der Waals surface area contributed by atoms with Crippen LogP contribution in [0.25, 0.3) is 11.4 Å². The van der Waals surface area contributed by atoms with Crippen molar-refractivity contribution in [2.45, 2.75) is 13.3 Å². The van der Waals surface area contributed by atoms with E-state index in [4.69, 9.17) is 0 Å². The number of benzene rings is 2. The molecule has 0 saturated heterocycles. The fraction of sp³-hybridized carbons (Fsp3) is 0.0952. The van der Waals surface area contributed by atoms with E-state index in [0.717, 1.165) is 26.9 Å². The van der Waals surface area contributed by atoms with Crippen molar-refractivity contribution in [1.29, 1.82) is 0 Å². The highest BCUT2D eigenvalue weighted by Gasteiger charge is 2.11. The van der Waals surface area contributed by atoms with E-state index in [1.165, 1.54) is 0 Å². The minimum atomic E-state index is 0.678. The highest BCUT2D eigenvalue weighted by molar-refractivity contribution is 9.10. The Labute approximate surface area is 161 Å². The van der Waals surface area contributed by atoms with Crippen LogP contribution < -0.4 is 5.43 Å². The number of hydrazone groups is 1. The molecule has 2 aromatic carbocycles. The molecule has 3 rings (SSSR count). The molecule has 0 radical (unpaired) electrons. The molecule has 0 amide bonds. The Morgan fingerprint density at radius 2 is 1.81 bits per heavy atom. The second-order valence-electron chi connectivity index (χ2n) is 5.74. The maximum Gasteiger partial charge on any atom is 0.161 e. The van der Waals surface area contributed by atoms with Crippen LogP contribution in [0.15, 0.2) is 76.8 Å². The molecule has 1 N–H and O–H groups in total.